The molecule has 1 amide bonds. The van der Waals surface area contributed by atoms with E-state index in [4.69, 9.17) is 13.9 Å². The highest BCUT2D eigenvalue weighted by Crippen LogP contribution is 2.46. The number of carbonyl (C=O) groups is 1. The van der Waals surface area contributed by atoms with E-state index >= 15 is 0 Å². The van der Waals surface area contributed by atoms with Crippen LogP contribution in [0, 0.1) is 5.92 Å². The van der Waals surface area contributed by atoms with Gasteiger partial charge in [-0.3, -0.25) is 9.69 Å². The molecule has 1 atom stereocenters. The van der Waals surface area contributed by atoms with Crippen LogP contribution in [0.25, 0.3) is 0 Å². The van der Waals surface area contributed by atoms with Gasteiger partial charge in [-0.05, 0) is 78.5 Å². The average molecular weight is 730 g/mol. The number of nitrogens with zero attached hydrogens (tertiary/aromatic N) is 3. The summed E-state index contributed by atoms with van der Waals surface area (Å²) in [5.74, 6) is 2.38. The zero-order valence-corrected chi connectivity index (χ0v) is 32.9. The SMILES string of the molecule is CC(C)([SiH2]OC1CCC(C(=O)N2c3ccccc3CCC2CN2CCN(c3cccc4c3OCCO4)CC2)CC1)C(c1ccccc1)c1ccccc1. The maximum absolute atomic E-state index is 14.6. The molecule has 3 aliphatic heterocycles. The second-order valence-electron chi connectivity index (χ2n) is 16.1. The number of carbonyl (C=O) groups excluding carboxylic acids is 1. The molecule has 53 heavy (non-hydrogen) atoms. The lowest BCUT2D eigenvalue weighted by molar-refractivity contribution is -0.124. The van der Waals surface area contributed by atoms with E-state index in [9.17, 15) is 4.79 Å². The quantitative estimate of drug-likeness (QED) is 0.157. The van der Waals surface area contributed by atoms with Crippen LogP contribution in [-0.4, -0.2) is 78.7 Å². The molecule has 2 fully saturated rings. The number of ether oxygens (including phenoxy) is 2. The first-order chi connectivity index (χ1) is 25.9. The van der Waals surface area contributed by atoms with Crippen molar-refractivity contribution in [2.45, 2.75) is 75.5 Å². The lowest BCUT2D eigenvalue weighted by Gasteiger charge is -2.44. The van der Waals surface area contributed by atoms with Crippen molar-refractivity contribution in [3.8, 4) is 11.5 Å². The summed E-state index contributed by atoms with van der Waals surface area (Å²) < 4.78 is 18.8. The molecule has 4 aromatic carbocycles. The molecule has 1 saturated carbocycles. The number of aryl methyl sites for hydroxylation is 1. The molecule has 4 aromatic rings. The van der Waals surface area contributed by atoms with Gasteiger partial charge in [0.15, 0.2) is 21.3 Å². The standard InChI is InChI=1S/C45H55N3O4Si/c1-45(2,42(34-13-5-3-6-14-34)35-15-7-4-8-16-35)53-52-38-24-21-36(22-25-38)44(49)48-37(23-20-33-12-9-10-17-39(33)48)32-46-26-28-47(29-27-46)40-18-11-19-41-43(40)51-31-30-50-41/h3-19,36-38,42H,20-32,53H2,1-2H3. The number of amides is 1. The molecule has 8 rings (SSSR count). The van der Waals surface area contributed by atoms with Crippen LogP contribution in [0.1, 0.15) is 68.6 Å². The monoisotopic (exact) mass is 729 g/mol. The number of hydrogen-bond acceptors (Lipinski definition) is 6. The second kappa shape index (κ2) is 16.1. The van der Waals surface area contributed by atoms with Crippen LogP contribution in [0.3, 0.4) is 0 Å². The maximum atomic E-state index is 14.6. The molecular formula is C45H55N3O4Si. The van der Waals surface area contributed by atoms with Crippen molar-refractivity contribution in [1.82, 2.24) is 4.90 Å². The summed E-state index contributed by atoms with van der Waals surface area (Å²) in [4.78, 5) is 21.8. The molecule has 7 nitrogen and oxygen atoms in total. The van der Waals surface area contributed by atoms with Gasteiger partial charge in [-0.1, -0.05) is 98.8 Å². The number of para-hydroxylation sites is 2. The third-order valence-corrected chi connectivity index (χ3v) is 13.9. The van der Waals surface area contributed by atoms with E-state index in [0.717, 1.165) is 94.1 Å². The highest BCUT2D eigenvalue weighted by Gasteiger charge is 2.39. The molecule has 3 heterocycles. The molecule has 1 saturated heterocycles. The maximum Gasteiger partial charge on any atom is 0.230 e. The van der Waals surface area contributed by atoms with Gasteiger partial charge in [0, 0.05) is 62.4 Å². The molecule has 278 valence electrons. The largest absolute Gasteiger partial charge is 0.486 e. The van der Waals surface area contributed by atoms with Crippen LogP contribution >= 0.6 is 0 Å². The molecule has 0 radical (unpaired) electrons. The molecule has 0 N–H and O–H groups in total. The summed E-state index contributed by atoms with van der Waals surface area (Å²) in [5.41, 5.74) is 6.26. The number of rotatable bonds is 10. The van der Waals surface area contributed by atoms with Crippen molar-refractivity contribution in [2.75, 3.05) is 55.7 Å². The molecule has 0 spiro atoms. The fraction of sp³-hybridized carbons (Fsp3) is 0.444. The summed E-state index contributed by atoms with van der Waals surface area (Å²) in [6, 6.07) is 36.8. The minimum Gasteiger partial charge on any atom is -0.486 e. The lowest BCUT2D eigenvalue weighted by Crippen LogP contribution is -2.55. The Morgan fingerprint density at radius 1 is 0.755 bits per heavy atom. The van der Waals surface area contributed by atoms with Gasteiger partial charge in [0.1, 0.15) is 13.2 Å². The predicted molar refractivity (Wildman–Crippen MR) is 216 cm³/mol. The Labute approximate surface area is 318 Å². The van der Waals surface area contributed by atoms with Crippen LogP contribution in [0.2, 0.25) is 5.04 Å². The zero-order valence-electron chi connectivity index (χ0n) is 31.5. The average Bonchev–Trinajstić information content (AvgIpc) is 3.21. The Kier molecular flexibility index (Phi) is 10.9. The van der Waals surface area contributed by atoms with Crippen LogP contribution < -0.4 is 19.3 Å². The van der Waals surface area contributed by atoms with Gasteiger partial charge in [0.05, 0.1) is 5.69 Å². The van der Waals surface area contributed by atoms with E-state index in [2.05, 4.69) is 126 Å². The Hall–Kier alpha value is -4.11. The fourth-order valence-electron chi connectivity index (χ4n) is 9.33. The number of piperazine rings is 1. The van der Waals surface area contributed by atoms with Crippen LogP contribution in [0.15, 0.2) is 103 Å². The topological polar surface area (TPSA) is 54.5 Å². The number of anilines is 2. The first-order valence-corrected chi connectivity index (χ1v) is 21.2. The Morgan fingerprint density at radius 2 is 1.40 bits per heavy atom. The van der Waals surface area contributed by atoms with Gasteiger partial charge < -0.3 is 23.7 Å². The molecule has 4 aliphatic rings. The summed E-state index contributed by atoms with van der Waals surface area (Å²) in [6.45, 7) is 10.7. The number of fused-ring (bicyclic) bond motifs is 2. The summed E-state index contributed by atoms with van der Waals surface area (Å²) in [7, 11) is -0.902. The lowest BCUT2D eigenvalue weighted by atomic mass is 9.82. The van der Waals surface area contributed by atoms with Crippen LogP contribution in [0.5, 0.6) is 11.5 Å². The van der Waals surface area contributed by atoms with E-state index in [-0.39, 0.29) is 23.1 Å². The minimum absolute atomic E-state index is 0.0360. The molecule has 1 aliphatic carbocycles. The number of benzene rings is 4. The second-order valence-corrected chi connectivity index (χ2v) is 18.6. The Morgan fingerprint density at radius 3 is 2.11 bits per heavy atom. The summed E-state index contributed by atoms with van der Waals surface area (Å²) >= 11 is 0. The highest BCUT2D eigenvalue weighted by molar-refractivity contribution is 6.32. The van der Waals surface area contributed by atoms with Crippen molar-refractivity contribution in [2.24, 2.45) is 5.92 Å². The summed E-state index contributed by atoms with van der Waals surface area (Å²) in [5, 5.41) is 0.0360. The normalized spacial score (nSPS) is 22.3. The predicted octanol–water partition coefficient (Wildman–Crippen LogP) is 7.62. The Bertz CT molecular complexity index is 1780. The molecule has 1 unspecified atom stereocenters. The van der Waals surface area contributed by atoms with Crippen molar-refractivity contribution >= 4 is 27.0 Å². The van der Waals surface area contributed by atoms with E-state index in [0.29, 0.717) is 25.0 Å². The van der Waals surface area contributed by atoms with Crippen LogP contribution in [-0.2, 0) is 15.6 Å². The van der Waals surface area contributed by atoms with Gasteiger partial charge in [0.25, 0.3) is 0 Å². The van der Waals surface area contributed by atoms with E-state index in [1.807, 2.05) is 6.07 Å². The first-order valence-electron chi connectivity index (χ1n) is 19.9. The molecule has 0 bridgehead atoms. The zero-order chi connectivity index (χ0) is 36.2. The fourth-order valence-corrected chi connectivity index (χ4v) is 11.0. The van der Waals surface area contributed by atoms with Crippen molar-refractivity contribution in [3.63, 3.8) is 0 Å². The Balaban J connectivity index is 0.895. The van der Waals surface area contributed by atoms with Gasteiger partial charge in [-0.15, -0.1) is 0 Å². The van der Waals surface area contributed by atoms with Gasteiger partial charge in [-0.25, -0.2) is 0 Å². The molecular weight excluding hydrogens is 675 g/mol. The van der Waals surface area contributed by atoms with Gasteiger partial charge in [0.2, 0.25) is 5.91 Å². The third kappa shape index (κ3) is 7.91. The van der Waals surface area contributed by atoms with Crippen molar-refractivity contribution < 1.29 is 18.7 Å². The van der Waals surface area contributed by atoms with Gasteiger partial charge in [-0.2, -0.15) is 0 Å². The third-order valence-electron chi connectivity index (χ3n) is 12.1. The van der Waals surface area contributed by atoms with Crippen molar-refractivity contribution in [1.29, 1.82) is 0 Å². The molecule has 0 aromatic heterocycles. The first kappa shape index (κ1) is 35.9. The highest BCUT2D eigenvalue weighted by atomic mass is 28.2. The van der Waals surface area contributed by atoms with E-state index < -0.39 is 9.76 Å². The minimum atomic E-state index is -0.902. The van der Waals surface area contributed by atoms with E-state index in [1.54, 1.807) is 0 Å². The number of hydrogen-bond donors (Lipinski definition) is 0. The van der Waals surface area contributed by atoms with E-state index in [1.165, 1.54) is 16.7 Å². The smallest absolute Gasteiger partial charge is 0.230 e. The van der Waals surface area contributed by atoms with Crippen molar-refractivity contribution in [3.05, 3.63) is 120 Å². The summed E-state index contributed by atoms with van der Waals surface area (Å²) in [6.07, 6.45) is 5.98. The molecule has 8 heteroatoms. The van der Waals surface area contributed by atoms with Gasteiger partial charge >= 0.3 is 0 Å². The van der Waals surface area contributed by atoms with Crippen LogP contribution in [0.4, 0.5) is 11.4 Å².